The third-order valence-corrected chi connectivity index (χ3v) is 9.62. The van der Waals surface area contributed by atoms with Gasteiger partial charge >= 0.3 is 0 Å². The highest BCUT2D eigenvalue weighted by Crippen LogP contribution is 2.49. The zero-order chi connectivity index (χ0) is 22.5. The number of carbonyl (C=O) groups excluding carboxylic acids is 1. The average Bonchev–Trinajstić information content (AvgIpc) is 3.42. The van der Waals surface area contributed by atoms with E-state index >= 15 is 0 Å². The molecule has 32 heavy (non-hydrogen) atoms. The van der Waals surface area contributed by atoms with Crippen molar-refractivity contribution in [3.05, 3.63) is 65.5 Å². The van der Waals surface area contributed by atoms with Gasteiger partial charge < -0.3 is 5.32 Å². The van der Waals surface area contributed by atoms with Crippen molar-refractivity contribution in [1.29, 1.82) is 0 Å². The maximum atomic E-state index is 14.5. The van der Waals surface area contributed by atoms with Gasteiger partial charge in [0.15, 0.2) is 0 Å². The van der Waals surface area contributed by atoms with Crippen LogP contribution in [-0.4, -0.2) is 30.7 Å². The zero-order valence-corrected chi connectivity index (χ0v) is 19.0. The molecule has 0 aromatic heterocycles. The van der Waals surface area contributed by atoms with Gasteiger partial charge in [0.1, 0.15) is 16.8 Å². The molecule has 1 aliphatic heterocycles. The minimum Gasteiger partial charge on any atom is -0.352 e. The van der Waals surface area contributed by atoms with Crippen molar-refractivity contribution in [3.8, 4) is 0 Å². The molecule has 5 nitrogen and oxygen atoms in total. The van der Waals surface area contributed by atoms with Crippen LogP contribution in [0.15, 0.2) is 53.4 Å². The van der Waals surface area contributed by atoms with Crippen molar-refractivity contribution >= 4 is 15.9 Å². The molecule has 0 radical (unpaired) electrons. The number of benzene rings is 2. The molecule has 1 N–H and O–H groups in total. The zero-order valence-electron chi connectivity index (χ0n) is 18.2. The first-order valence-corrected chi connectivity index (χ1v) is 12.9. The van der Waals surface area contributed by atoms with Crippen molar-refractivity contribution in [3.63, 3.8) is 0 Å². The average molecular weight is 457 g/mol. The first kappa shape index (κ1) is 21.6. The third kappa shape index (κ3) is 3.75. The Bertz CT molecular complexity index is 1140. The molecule has 0 spiro atoms. The van der Waals surface area contributed by atoms with Crippen LogP contribution in [0.2, 0.25) is 0 Å². The lowest BCUT2D eigenvalue weighted by Gasteiger charge is -2.36. The van der Waals surface area contributed by atoms with E-state index in [1.165, 1.54) is 41.8 Å². The summed E-state index contributed by atoms with van der Waals surface area (Å²) in [5.74, 6) is 0.769. The summed E-state index contributed by atoms with van der Waals surface area (Å²) in [5.41, 5.74) is 1.80. The number of fused-ring (bicyclic) bond motifs is 3. The van der Waals surface area contributed by atoms with Gasteiger partial charge in [-0.1, -0.05) is 42.8 Å². The van der Waals surface area contributed by atoms with E-state index in [-0.39, 0.29) is 24.9 Å². The molecule has 2 fully saturated rings. The van der Waals surface area contributed by atoms with Crippen molar-refractivity contribution in [2.75, 3.05) is 0 Å². The summed E-state index contributed by atoms with van der Waals surface area (Å²) in [6, 6.07) is 12.0. The fraction of sp³-hybridized carbons (Fsp3) is 0.480. The second-order valence-corrected chi connectivity index (χ2v) is 11.5. The summed E-state index contributed by atoms with van der Waals surface area (Å²) in [6.07, 6.45) is 5.17. The van der Waals surface area contributed by atoms with Crippen molar-refractivity contribution in [1.82, 2.24) is 9.62 Å². The van der Waals surface area contributed by atoms with Crippen LogP contribution < -0.4 is 5.32 Å². The SMILES string of the molecule is CC(NC(=O)C1Cc2ccccc2CN1S(=O)(=O)c1ccccc1F)C1CC2CCC1C2. The number of carbonyl (C=O) groups is 1. The second kappa shape index (κ2) is 8.27. The van der Waals surface area contributed by atoms with Crippen molar-refractivity contribution in [2.24, 2.45) is 17.8 Å². The number of sulfonamides is 1. The molecule has 170 valence electrons. The number of amides is 1. The topological polar surface area (TPSA) is 66.5 Å². The molecule has 7 heteroatoms. The van der Waals surface area contributed by atoms with Crippen LogP contribution in [0.4, 0.5) is 4.39 Å². The van der Waals surface area contributed by atoms with Gasteiger partial charge in [-0.2, -0.15) is 4.31 Å². The molecule has 0 saturated heterocycles. The van der Waals surface area contributed by atoms with Crippen LogP contribution in [0.5, 0.6) is 0 Å². The Morgan fingerprint density at radius 1 is 1.06 bits per heavy atom. The van der Waals surface area contributed by atoms with E-state index in [1.54, 1.807) is 0 Å². The van der Waals surface area contributed by atoms with E-state index in [0.29, 0.717) is 11.8 Å². The van der Waals surface area contributed by atoms with Gasteiger partial charge in [-0.15, -0.1) is 0 Å². The summed E-state index contributed by atoms with van der Waals surface area (Å²) in [4.78, 5) is 13.1. The van der Waals surface area contributed by atoms with Gasteiger partial charge in [-0.25, -0.2) is 12.8 Å². The molecule has 2 bridgehead atoms. The van der Waals surface area contributed by atoms with Gasteiger partial charge in [-0.3, -0.25) is 4.79 Å². The first-order valence-electron chi connectivity index (χ1n) is 11.5. The molecule has 5 atom stereocenters. The van der Waals surface area contributed by atoms with E-state index in [9.17, 15) is 17.6 Å². The van der Waals surface area contributed by atoms with Gasteiger partial charge in [-0.05, 0) is 73.6 Å². The highest BCUT2D eigenvalue weighted by Gasteiger charge is 2.44. The lowest BCUT2D eigenvalue weighted by Crippen LogP contribution is -2.55. The Morgan fingerprint density at radius 3 is 2.47 bits per heavy atom. The number of rotatable bonds is 5. The molecule has 5 rings (SSSR count). The third-order valence-electron chi connectivity index (χ3n) is 7.74. The normalized spacial score (nSPS) is 28.3. The van der Waals surface area contributed by atoms with Gasteiger partial charge in [0.25, 0.3) is 0 Å². The molecule has 2 aromatic carbocycles. The molecule has 2 aromatic rings. The highest BCUT2D eigenvalue weighted by atomic mass is 32.2. The van der Waals surface area contributed by atoms with Gasteiger partial charge in [0.2, 0.25) is 15.9 Å². The Morgan fingerprint density at radius 2 is 1.78 bits per heavy atom. The van der Waals surface area contributed by atoms with E-state index in [0.717, 1.165) is 29.5 Å². The van der Waals surface area contributed by atoms with Gasteiger partial charge in [0, 0.05) is 12.6 Å². The number of halogens is 1. The maximum Gasteiger partial charge on any atom is 0.247 e. The van der Waals surface area contributed by atoms with E-state index in [2.05, 4.69) is 5.32 Å². The number of nitrogens with one attached hydrogen (secondary N) is 1. The van der Waals surface area contributed by atoms with Crippen LogP contribution in [0.25, 0.3) is 0 Å². The first-order chi connectivity index (χ1) is 15.3. The minimum atomic E-state index is -4.20. The lowest BCUT2D eigenvalue weighted by atomic mass is 9.84. The molecular weight excluding hydrogens is 427 g/mol. The fourth-order valence-electron chi connectivity index (χ4n) is 6.09. The Hall–Kier alpha value is -2.25. The summed E-state index contributed by atoms with van der Waals surface area (Å²) in [5, 5.41) is 3.14. The van der Waals surface area contributed by atoms with Crippen molar-refractivity contribution in [2.45, 2.75) is 62.6 Å². The molecule has 2 saturated carbocycles. The molecule has 1 amide bonds. The van der Waals surface area contributed by atoms with Gasteiger partial charge in [0.05, 0.1) is 0 Å². The summed E-state index contributed by atoms with van der Waals surface area (Å²) >= 11 is 0. The predicted molar refractivity (Wildman–Crippen MR) is 120 cm³/mol. The van der Waals surface area contributed by atoms with E-state index in [1.807, 2.05) is 31.2 Å². The Labute approximate surface area is 189 Å². The van der Waals surface area contributed by atoms with Crippen LogP contribution in [-0.2, 0) is 27.8 Å². The Kier molecular flexibility index (Phi) is 5.58. The highest BCUT2D eigenvalue weighted by molar-refractivity contribution is 7.89. The molecule has 2 aliphatic carbocycles. The van der Waals surface area contributed by atoms with E-state index < -0.39 is 26.8 Å². The second-order valence-electron chi connectivity index (χ2n) is 9.61. The summed E-state index contributed by atoms with van der Waals surface area (Å²) < 4.78 is 42.6. The fourth-order valence-corrected chi connectivity index (χ4v) is 7.72. The lowest BCUT2D eigenvalue weighted by molar-refractivity contribution is -0.126. The number of hydrogen-bond donors (Lipinski definition) is 1. The molecule has 5 unspecified atom stereocenters. The summed E-state index contributed by atoms with van der Waals surface area (Å²) in [7, 11) is -4.20. The quantitative estimate of drug-likeness (QED) is 0.743. The Balaban J connectivity index is 1.44. The number of nitrogens with zero attached hydrogens (tertiary/aromatic N) is 1. The molecular formula is C25H29FN2O3S. The van der Waals surface area contributed by atoms with Crippen LogP contribution in [0, 0.1) is 23.6 Å². The molecule has 3 aliphatic rings. The van der Waals surface area contributed by atoms with Crippen LogP contribution >= 0.6 is 0 Å². The largest absolute Gasteiger partial charge is 0.352 e. The smallest absolute Gasteiger partial charge is 0.247 e. The van der Waals surface area contributed by atoms with Crippen LogP contribution in [0.3, 0.4) is 0 Å². The standard InChI is InChI=1S/C25H29FN2O3S/c1-16(21-13-17-10-11-19(21)12-17)27-25(29)23-14-18-6-2-3-7-20(18)15-28(23)32(30,31)24-9-5-4-8-22(24)26/h2-9,16-17,19,21,23H,10-15H2,1H3,(H,27,29). The number of hydrogen-bond acceptors (Lipinski definition) is 3. The van der Waals surface area contributed by atoms with E-state index in [4.69, 9.17) is 0 Å². The predicted octanol–water partition coefficient (Wildman–Crippen LogP) is 3.88. The summed E-state index contributed by atoms with van der Waals surface area (Å²) in [6.45, 7) is 2.09. The van der Waals surface area contributed by atoms with Crippen LogP contribution in [0.1, 0.15) is 43.7 Å². The van der Waals surface area contributed by atoms with Crippen molar-refractivity contribution < 1.29 is 17.6 Å². The minimum absolute atomic E-state index is 0.00649. The monoisotopic (exact) mass is 456 g/mol. The molecule has 1 heterocycles. The maximum absolute atomic E-state index is 14.5.